The molecule has 0 bridgehead atoms. The van der Waals surface area contributed by atoms with E-state index in [1.54, 1.807) is 18.2 Å². The summed E-state index contributed by atoms with van der Waals surface area (Å²) in [4.78, 5) is 25.9. The second-order valence-corrected chi connectivity index (χ2v) is 5.63. The molecule has 0 aliphatic heterocycles. The van der Waals surface area contributed by atoms with Gasteiger partial charge in [-0.1, -0.05) is 11.6 Å². The summed E-state index contributed by atoms with van der Waals surface area (Å²) < 4.78 is 4.91. The van der Waals surface area contributed by atoms with Gasteiger partial charge in [-0.05, 0) is 31.0 Å². The topological polar surface area (TPSA) is 104 Å². The van der Waals surface area contributed by atoms with Crippen LogP contribution in [0.2, 0.25) is 5.02 Å². The second kappa shape index (κ2) is 4.74. The molecule has 0 unspecified atom stereocenters. The molecule has 0 radical (unpaired) electrons. The van der Waals surface area contributed by atoms with E-state index in [-0.39, 0.29) is 5.69 Å². The molecule has 8 heteroatoms. The zero-order chi connectivity index (χ0) is 15.3. The SMILES string of the molecule is O=C(Nc1ccc2oc(=O)[nH]c2c1)c1n[nH]c(C2CC2)c1Cl. The number of benzene rings is 1. The Balaban J connectivity index is 1.61. The van der Waals surface area contributed by atoms with Crippen LogP contribution in [0.5, 0.6) is 0 Å². The van der Waals surface area contributed by atoms with Crippen molar-refractivity contribution < 1.29 is 9.21 Å². The molecule has 0 atom stereocenters. The molecule has 0 saturated heterocycles. The first kappa shape index (κ1) is 13.1. The molecule has 2 heterocycles. The van der Waals surface area contributed by atoms with Gasteiger partial charge in [0.25, 0.3) is 5.91 Å². The number of amides is 1. The lowest BCUT2D eigenvalue weighted by Gasteiger charge is -2.03. The molecule has 2 aromatic heterocycles. The van der Waals surface area contributed by atoms with Gasteiger partial charge in [0.15, 0.2) is 11.3 Å². The van der Waals surface area contributed by atoms with Crippen molar-refractivity contribution >= 4 is 34.3 Å². The fraction of sp³-hybridized carbons (Fsp3) is 0.214. The van der Waals surface area contributed by atoms with Crippen LogP contribution in [0.25, 0.3) is 11.1 Å². The van der Waals surface area contributed by atoms with Crippen molar-refractivity contribution in [3.63, 3.8) is 0 Å². The number of aromatic amines is 2. The van der Waals surface area contributed by atoms with Crippen molar-refractivity contribution in [1.29, 1.82) is 0 Å². The van der Waals surface area contributed by atoms with Crippen molar-refractivity contribution in [3.05, 3.63) is 45.2 Å². The summed E-state index contributed by atoms with van der Waals surface area (Å²) in [5.74, 6) is -0.560. The number of carbonyl (C=O) groups is 1. The highest BCUT2D eigenvalue weighted by atomic mass is 35.5. The number of aromatic nitrogens is 3. The number of oxazole rings is 1. The third kappa shape index (κ3) is 2.19. The van der Waals surface area contributed by atoms with Gasteiger partial charge in [0, 0.05) is 11.6 Å². The number of fused-ring (bicyclic) bond motifs is 1. The number of nitrogens with zero attached hydrogens (tertiary/aromatic N) is 1. The van der Waals surface area contributed by atoms with Crippen LogP contribution >= 0.6 is 11.6 Å². The lowest BCUT2D eigenvalue weighted by atomic mass is 10.2. The van der Waals surface area contributed by atoms with Crippen LogP contribution in [-0.4, -0.2) is 21.1 Å². The van der Waals surface area contributed by atoms with Gasteiger partial charge in [0.2, 0.25) is 0 Å². The largest absolute Gasteiger partial charge is 0.417 e. The smallest absolute Gasteiger partial charge is 0.408 e. The van der Waals surface area contributed by atoms with E-state index in [1.165, 1.54) is 0 Å². The zero-order valence-electron chi connectivity index (χ0n) is 11.3. The van der Waals surface area contributed by atoms with E-state index in [2.05, 4.69) is 20.5 Å². The Morgan fingerprint density at radius 1 is 1.41 bits per heavy atom. The average Bonchev–Trinajstić information content (AvgIpc) is 3.14. The highest BCUT2D eigenvalue weighted by Crippen LogP contribution is 2.42. The number of carbonyl (C=O) groups excluding carboxylic acids is 1. The Morgan fingerprint density at radius 2 is 2.23 bits per heavy atom. The number of H-pyrrole nitrogens is 2. The van der Waals surface area contributed by atoms with Gasteiger partial charge in [-0.3, -0.25) is 14.9 Å². The van der Waals surface area contributed by atoms with Crippen molar-refractivity contribution in [1.82, 2.24) is 15.2 Å². The van der Waals surface area contributed by atoms with Gasteiger partial charge in [-0.25, -0.2) is 4.79 Å². The number of hydrogen-bond acceptors (Lipinski definition) is 4. The van der Waals surface area contributed by atoms with Gasteiger partial charge in [0.05, 0.1) is 16.2 Å². The second-order valence-electron chi connectivity index (χ2n) is 5.25. The lowest BCUT2D eigenvalue weighted by molar-refractivity contribution is 0.102. The molecule has 1 aromatic carbocycles. The predicted molar refractivity (Wildman–Crippen MR) is 80.4 cm³/mol. The first-order chi connectivity index (χ1) is 10.6. The van der Waals surface area contributed by atoms with Gasteiger partial charge < -0.3 is 9.73 Å². The number of halogens is 1. The Hall–Kier alpha value is -2.54. The third-order valence-electron chi connectivity index (χ3n) is 3.61. The van der Waals surface area contributed by atoms with Crippen LogP contribution in [0.1, 0.15) is 34.9 Å². The molecule has 1 saturated carbocycles. The quantitative estimate of drug-likeness (QED) is 0.690. The number of anilines is 1. The highest BCUT2D eigenvalue weighted by Gasteiger charge is 2.30. The van der Waals surface area contributed by atoms with Crippen LogP contribution in [0.3, 0.4) is 0 Å². The van der Waals surface area contributed by atoms with Crippen molar-refractivity contribution in [3.8, 4) is 0 Å². The third-order valence-corrected chi connectivity index (χ3v) is 3.99. The monoisotopic (exact) mass is 318 g/mol. The number of rotatable bonds is 3. The Labute approximate surface area is 128 Å². The maximum atomic E-state index is 12.3. The molecule has 3 aromatic rings. The van der Waals surface area contributed by atoms with Crippen LogP contribution in [0.4, 0.5) is 5.69 Å². The van der Waals surface area contributed by atoms with Crippen molar-refractivity contribution in [2.75, 3.05) is 5.32 Å². The summed E-state index contributed by atoms with van der Waals surface area (Å²) >= 11 is 6.20. The number of hydrogen-bond donors (Lipinski definition) is 3. The minimum Gasteiger partial charge on any atom is -0.408 e. The standard InChI is InChI=1S/C14H11ClN4O3/c15-10-11(6-1-2-6)18-19-12(10)13(20)16-7-3-4-9-8(5-7)17-14(21)22-9/h3-6H,1-2H2,(H,16,20)(H,17,21)(H,18,19). The summed E-state index contributed by atoms with van der Waals surface area (Å²) in [6, 6.07) is 4.85. The zero-order valence-corrected chi connectivity index (χ0v) is 12.0. The number of nitrogens with one attached hydrogen (secondary N) is 3. The maximum Gasteiger partial charge on any atom is 0.417 e. The van der Waals surface area contributed by atoms with E-state index in [9.17, 15) is 9.59 Å². The molecule has 112 valence electrons. The molecule has 1 fully saturated rings. The normalized spacial score (nSPS) is 14.4. The molecule has 0 spiro atoms. The van der Waals surface area contributed by atoms with Crippen molar-refractivity contribution in [2.45, 2.75) is 18.8 Å². The molecule has 1 aliphatic carbocycles. The molecule has 4 rings (SSSR count). The highest BCUT2D eigenvalue weighted by molar-refractivity contribution is 6.34. The fourth-order valence-electron chi connectivity index (χ4n) is 2.35. The Kier molecular flexibility index (Phi) is 2.83. The first-order valence-corrected chi connectivity index (χ1v) is 7.17. The van der Waals surface area contributed by atoms with E-state index in [1.807, 2.05) is 0 Å². The maximum absolute atomic E-state index is 12.3. The summed E-state index contributed by atoms with van der Waals surface area (Å²) in [5, 5.41) is 9.90. The van der Waals surface area contributed by atoms with Gasteiger partial charge in [0.1, 0.15) is 0 Å². The molecule has 7 nitrogen and oxygen atoms in total. The van der Waals surface area contributed by atoms with Crippen LogP contribution in [-0.2, 0) is 0 Å². The van der Waals surface area contributed by atoms with E-state index >= 15 is 0 Å². The van der Waals surface area contributed by atoms with E-state index < -0.39 is 11.7 Å². The van der Waals surface area contributed by atoms with Crippen LogP contribution in [0.15, 0.2) is 27.4 Å². The van der Waals surface area contributed by atoms with Crippen LogP contribution in [0, 0.1) is 0 Å². The van der Waals surface area contributed by atoms with Gasteiger partial charge >= 0.3 is 5.76 Å². The van der Waals surface area contributed by atoms with Gasteiger partial charge in [-0.2, -0.15) is 5.10 Å². The van der Waals surface area contributed by atoms with Crippen LogP contribution < -0.4 is 11.1 Å². The molecule has 1 amide bonds. The summed E-state index contributed by atoms with van der Waals surface area (Å²) in [5.41, 5.74) is 2.44. The molecule has 22 heavy (non-hydrogen) atoms. The molecular weight excluding hydrogens is 308 g/mol. The Morgan fingerprint density at radius 3 is 3.00 bits per heavy atom. The van der Waals surface area contributed by atoms with Gasteiger partial charge in [-0.15, -0.1) is 0 Å². The first-order valence-electron chi connectivity index (χ1n) is 6.80. The van der Waals surface area contributed by atoms with Crippen molar-refractivity contribution in [2.24, 2.45) is 0 Å². The van der Waals surface area contributed by atoms with E-state index in [4.69, 9.17) is 16.0 Å². The predicted octanol–water partition coefficient (Wildman–Crippen LogP) is 2.63. The summed E-state index contributed by atoms with van der Waals surface area (Å²) in [7, 11) is 0. The minimum atomic E-state index is -0.539. The lowest BCUT2D eigenvalue weighted by Crippen LogP contribution is -2.12. The summed E-state index contributed by atoms with van der Waals surface area (Å²) in [6.07, 6.45) is 2.13. The molecule has 3 N–H and O–H groups in total. The van der Waals surface area contributed by atoms with E-state index in [0.717, 1.165) is 18.5 Å². The molecule has 1 aliphatic rings. The summed E-state index contributed by atoms with van der Waals surface area (Å²) in [6.45, 7) is 0. The molecular formula is C14H11ClN4O3. The minimum absolute atomic E-state index is 0.171. The fourth-order valence-corrected chi connectivity index (χ4v) is 2.68. The average molecular weight is 319 g/mol. The Bertz CT molecular complexity index is 935. The van der Waals surface area contributed by atoms with E-state index in [0.29, 0.717) is 27.7 Å².